The van der Waals surface area contributed by atoms with E-state index in [1.165, 1.54) is 33.5 Å². The van der Waals surface area contributed by atoms with Crippen molar-refractivity contribution in [2.45, 2.75) is 0 Å². The summed E-state index contributed by atoms with van der Waals surface area (Å²) >= 11 is 0. The quantitative estimate of drug-likeness (QED) is 0.241. The zero-order valence-electron chi connectivity index (χ0n) is 16.2. The molecule has 0 aliphatic heterocycles. The molecule has 29 heavy (non-hydrogen) atoms. The SMILES string of the molecule is [Ru].c1ccc(P(CCP(c2ccccc2)c2ccccc2)c2ccccc2)cc1. The Morgan fingerprint density at radius 2 is 0.552 bits per heavy atom. The summed E-state index contributed by atoms with van der Waals surface area (Å²) in [4.78, 5) is 0. The molecular formula is C26H24P2Ru. The van der Waals surface area contributed by atoms with Gasteiger partial charge in [0.15, 0.2) is 0 Å². The summed E-state index contributed by atoms with van der Waals surface area (Å²) < 4.78 is 0. The van der Waals surface area contributed by atoms with Crippen molar-refractivity contribution in [3.63, 3.8) is 0 Å². The largest absolute Gasteiger partial charge is 0.0622 e. The van der Waals surface area contributed by atoms with Crippen LogP contribution in [0.4, 0.5) is 0 Å². The fourth-order valence-corrected chi connectivity index (χ4v) is 8.80. The number of hydrogen-bond acceptors (Lipinski definition) is 0. The van der Waals surface area contributed by atoms with Crippen molar-refractivity contribution in [1.29, 1.82) is 0 Å². The Labute approximate surface area is 189 Å². The molecule has 4 aromatic rings. The molecule has 0 saturated heterocycles. The third-order valence-corrected chi connectivity index (χ3v) is 10.2. The van der Waals surface area contributed by atoms with Crippen LogP contribution in [0.5, 0.6) is 0 Å². The van der Waals surface area contributed by atoms with Crippen LogP contribution in [0.2, 0.25) is 0 Å². The Balaban J connectivity index is 0.00000240. The zero-order chi connectivity index (χ0) is 19.0. The molecule has 0 unspecified atom stereocenters. The summed E-state index contributed by atoms with van der Waals surface area (Å²) in [7, 11) is -0.696. The van der Waals surface area contributed by atoms with Crippen LogP contribution in [0.25, 0.3) is 0 Å². The van der Waals surface area contributed by atoms with Crippen molar-refractivity contribution in [2.24, 2.45) is 0 Å². The van der Waals surface area contributed by atoms with Crippen molar-refractivity contribution in [3.05, 3.63) is 121 Å². The second-order valence-corrected chi connectivity index (χ2v) is 11.3. The summed E-state index contributed by atoms with van der Waals surface area (Å²) in [6.07, 6.45) is 2.41. The molecular weight excluding hydrogens is 475 g/mol. The summed E-state index contributed by atoms with van der Waals surface area (Å²) in [6, 6.07) is 44.2. The van der Waals surface area contributed by atoms with Gasteiger partial charge >= 0.3 is 0 Å². The summed E-state index contributed by atoms with van der Waals surface area (Å²) in [5.41, 5.74) is 0. The molecule has 0 bridgehead atoms. The monoisotopic (exact) mass is 500 g/mol. The average Bonchev–Trinajstić information content (AvgIpc) is 2.79. The van der Waals surface area contributed by atoms with Crippen molar-refractivity contribution < 1.29 is 19.5 Å². The Morgan fingerprint density at radius 1 is 0.345 bits per heavy atom. The third-order valence-electron chi connectivity index (χ3n) is 4.82. The van der Waals surface area contributed by atoms with Crippen LogP contribution in [-0.4, -0.2) is 12.3 Å². The predicted octanol–water partition coefficient (Wildman–Crippen LogP) is 5.25. The second kappa shape index (κ2) is 11.5. The van der Waals surface area contributed by atoms with Crippen LogP contribution in [0.15, 0.2) is 121 Å². The van der Waals surface area contributed by atoms with Gasteiger partial charge in [-0.2, -0.15) is 0 Å². The van der Waals surface area contributed by atoms with Crippen molar-refractivity contribution >= 4 is 37.1 Å². The molecule has 0 saturated carbocycles. The van der Waals surface area contributed by atoms with E-state index in [2.05, 4.69) is 121 Å². The molecule has 4 rings (SSSR count). The molecule has 0 heterocycles. The Kier molecular flexibility index (Phi) is 8.76. The smallest absolute Gasteiger partial charge is 0 e. The molecule has 0 aromatic heterocycles. The van der Waals surface area contributed by atoms with E-state index in [0.717, 1.165) is 0 Å². The number of benzene rings is 4. The van der Waals surface area contributed by atoms with E-state index < -0.39 is 0 Å². The second-order valence-electron chi connectivity index (χ2n) is 6.65. The molecule has 0 nitrogen and oxygen atoms in total. The van der Waals surface area contributed by atoms with E-state index >= 15 is 0 Å². The standard InChI is InChI=1S/C26H24P2.Ru/c1-5-13-23(14-6-1)27(24-15-7-2-8-16-24)21-22-28(25-17-9-3-10-18-25)26-19-11-4-12-20-26;/h1-20H,21-22H2;. The van der Waals surface area contributed by atoms with Gasteiger partial charge in [0.2, 0.25) is 0 Å². The van der Waals surface area contributed by atoms with E-state index in [0.29, 0.717) is 0 Å². The van der Waals surface area contributed by atoms with Gasteiger partial charge in [0.25, 0.3) is 0 Å². The van der Waals surface area contributed by atoms with Crippen LogP contribution in [-0.2, 0) is 19.5 Å². The average molecular weight is 499 g/mol. The molecule has 4 aromatic carbocycles. The molecule has 0 atom stereocenters. The minimum Gasteiger partial charge on any atom is -0.0622 e. The van der Waals surface area contributed by atoms with Gasteiger partial charge in [-0.1, -0.05) is 121 Å². The molecule has 3 heteroatoms. The first-order valence-corrected chi connectivity index (χ1v) is 12.7. The first kappa shape index (κ1) is 22.1. The first-order chi connectivity index (χ1) is 13.9. The van der Waals surface area contributed by atoms with Crippen LogP contribution >= 0.6 is 15.8 Å². The third kappa shape index (κ3) is 5.93. The molecule has 0 aliphatic rings. The topological polar surface area (TPSA) is 0 Å². The van der Waals surface area contributed by atoms with E-state index in [9.17, 15) is 0 Å². The summed E-state index contributed by atoms with van der Waals surface area (Å²) in [5.74, 6) is 0. The Hall–Kier alpha value is -1.64. The van der Waals surface area contributed by atoms with E-state index in [-0.39, 0.29) is 35.3 Å². The molecule has 146 valence electrons. The van der Waals surface area contributed by atoms with Crippen LogP contribution < -0.4 is 21.2 Å². The van der Waals surface area contributed by atoms with E-state index in [1.54, 1.807) is 0 Å². The normalized spacial score (nSPS) is 10.7. The Bertz CT molecular complexity index is 798. The van der Waals surface area contributed by atoms with Gasteiger partial charge in [-0.05, 0) is 49.4 Å². The van der Waals surface area contributed by atoms with Gasteiger partial charge in [0, 0.05) is 19.5 Å². The van der Waals surface area contributed by atoms with Gasteiger partial charge in [-0.25, -0.2) is 0 Å². The van der Waals surface area contributed by atoms with Crippen LogP contribution in [0.1, 0.15) is 0 Å². The van der Waals surface area contributed by atoms with Crippen molar-refractivity contribution in [1.82, 2.24) is 0 Å². The Morgan fingerprint density at radius 3 is 0.759 bits per heavy atom. The minimum atomic E-state index is -0.348. The van der Waals surface area contributed by atoms with Gasteiger partial charge in [-0.15, -0.1) is 0 Å². The molecule has 0 spiro atoms. The zero-order valence-corrected chi connectivity index (χ0v) is 19.7. The number of hydrogen-bond donors (Lipinski definition) is 0. The van der Waals surface area contributed by atoms with Crippen LogP contribution in [0, 0.1) is 0 Å². The molecule has 0 N–H and O–H groups in total. The first-order valence-electron chi connectivity index (χ1n) is 9.67. The minimum absolute atomic E-state index is 0. The summed E-state index contributed by atoms with van der Waals surface area (Å²) in [5, 5.41) is 5.89. The number of rotatable bonds is 7. The maximum Gasteiger partial charge on any atom is 0 e. The van der Waals surface area contributed by atoms with Gasteiger partial charge in [0.1, 0.15) is 0 Å². The maximum absolute atomic E-state index is 2.30. The van der Waals surface area contributed by atoms with Crippen molar-refractivity contribution in [2.75, 3.05) is 12.3 Å². The summed E-state index contributed by atoms with van der Waals surface area (Å²) in [6.45, 7) is 0. The fraction of sp³-hybridized carbons (Fsp3) is 0.0769. The predicted molar refractivity (Wildman–Crippen MR) is 128 cm³/mol. The molecule has 0 radical (unpaired) electrons. The molecule has 0 amide bonds. The molecule has 0 aliphatic carbocycles. The fourth-order valence-electron chi connectivity index (χ4n) is 3.45. The molecule has 0 fully saturated rings. The van der Waals surface area contributed by atoms with E-state index in [4.69, 9.17) is 0 Å². The van der Waals surface area contributed by atoms with Crippen molar-refractivity contribution in [3.8, 4) is 0 Å². The van der Waals surface area contributed by atoms with Gasteiger partial charge in [-0.3, -0.25) is 0 Å². The van der Waals surface area contributed by atoms with Gasteiger partial charge < -0.3 is 0 Å². The van der Waals surface area contributed by atoms with Crippen LogP contribution in [0.3, 0.4) is 0 Å². The van der Waals surface area contributed by atoms with E-state index in [1.807, 2.05) is 0 Å². The maximum atomic E-state index is 2.30. The van der Waals surface area contributed by atoms with Gasteiger partial charge in [0.05, 0.1) is 0 Å².